The second-order valence-electron chi connectivity index (χ2n) is 3.29. The molecule has 0 spiro atoms. The molecule has 0 fully saturated rings. The third-order valence-corrected chi connectivity index (χ3v) is 1.60. The van der Waals surface area contributed by atoms with Gasteiger partial charge in [-0.3, -0.25) is 0 Å². The van der Waals surface area contributed by atoms with Crippen LogP contribution in [0.2, 0.25) is 0 Å². The lowest BCUT2D eigenvalue weighted by Crippen LogP contribution is -2.10. The van der Waals surface area contributed by atoms with Crippen molar-refractivity contribution >= 4 is 0 Å². The van der Waals surface area contributed by atoms with Gasteiger partial charge in [0.25, 0.3) is 0 Å². The highest BCUT2D eigenvalue weighted by molar-refractivity contribution is 4.58. The van der Waals surface area contributed by atoms with E-state index in [1.165, 1.54) is 0 Å². The zero-order chi connectivity index (χ0) is 8.69. The Bertz CT molecular complexity index is 104. The molecule has 0 aliphatic heterocycles. The van der Waals surface area contributed by atoms with E-state index < -0.39 is 6.10 Å². The monoisotopic (exact) mass is 159 g/mol. The minimum absolute atomic E-state index is 0.0398. The van der Waals surface area contributed by atoms with E-state index in [9.17, 15) is 4.91 Å². The molecule has 0 heterocycles. The molecule has 0 rings (SSSR count). The number of nitrogens with zero attached hydrogens (tertiary/aromatic N) is 1. The number of hydrogen-bond acceptors (Lipinski definition) is 3. The molecule has 0 aliphatic carbocycles. The van der Waals surface area contributed by atoms with Gasteiger partial charge in [0, 0.05) is 0 Å². The fourth-order valence-electron chi connectivity index (χ4n) is 0.939. The highest BCUT2D eigenvalue weighted by Crippen LogP contribution is 2.08. The molecule has 1 atom stereocenters. The summed E-state index contributed by atoms with van der Waals surface area (Å²) < 4.78 is 0. The molecule has 3 nitrogen and oxygen atoms in total. The molecule has 0 aromatic carbocycles. The van der Waals surface area contributed by atoms with Crippen LogP contribution in [0.5, 0.6) is 0 Å². The van der Waals surface area contributed by atoms with E-state index in [0.717, 1.165) is 12.8 Å². The molecular weight excluding hydrogens is 142 g/mol. The maximum Gasteiger partial charge on any atom is 0.107 e. The molecule has 0 aromatic heterocycles. The van der Waals surface area contributed by atoms with Gasteiger partial charge in [-0.25, -0.2) is 0 Å². The maximum absolute atomic E-state index is 9.70. The van der Waals surface area contributed by atoms with Crippen LogP contribution in [0, 0.1) is 10.8 Å². The summed E-state index contributed by atoms with van der Waals surface area (Å²) in [6.07, 6.45) is 2.26. The molecule has 1 N–H and O–H groups in total. The van der Waals surface area contributed by atoms with Crippen molar-refractivity contribution in [2.75, 3.05) is 6.54 Å². The van der Waals surface area contributed by atoms with Crippen molar-refractivity contribution in [2.45, 2.75) is 39.2 Å². The van der Waals surface area contributed by atoms with Crippen LogP contribution in [0.1, 0.15) is 33.1 Å². The fourth-order valence-corrected chi connectivity index (χ4v) is 0.939. The summed E-state index contributed by atoms with van der Waals surface area (Å²) in [5.41, 5.74) is 0. The largest absolute Gasteiger partial charge is 0.391 e. The average Bonchev–Trinajstić information content (AvgIpc) is 1.87. The van der Waals surface area contributed by atoms with Crippen LogP contribution in [-0.4, -0.2) is 17.8 Å². The summed E-state index contributed by atoms with van der Waals surface area (Å²) in [7, 11) is 0. The van der Waals surface area contributed by atoms with Crippen LogP contribution in [0.3, 0.4) is 0 Å². The minimum Gasteiger partial charge on any atom is -0.391 e. The van der Waals surface area contributed by atoms with Gasteiger partial charge in [-0.1, -0.05) is 31.9 Å². The molecule has 0 amide bonds. The normalized spacial score (nSPS) is 13.5. The lowest BCUT2D eigenvalue weighted by Gasteiger charge is -2.06. The zero-order valence-electron chi connectivity index (χ0n) is 7.29. The molecular formula is C8H17NO2. The fraction of sp³-hybridized carbons (Fsp3) is 1.00. The van der Waals surface area contributed by atoms with Crippen LogP contribution >= 0.6 is 0 Å². The van der Waals surface area contributed by atoms with Gasteiger partial charge in [0.15, 0.2) is 0 Å². The topological polar surface area (TPSA) is 49.7 Å². The SMILES string of the molecule is CC(C)CCC[C@@H](O)CN=O. The summed E-state index contributed by atoms with van der Waals surface area (Å²) in [6, 6.07) is 0. The van der Waals surface area contributed by atoms with Gasteiger partial charge in [0.05, 0.1) is 6.10 Å². The van der Waals surface area contributed by atoms with Crippen LogP contribution in [0.4, 0.5) is 0 Å². The van der Waals surface area contributed by atoms with Crippen molar-refractivity contribution in [1.82, 2.24) is 0 Å². The predicted molar refractivity (Wildman–Crippen MR) is 45.4 cm³/mol. The van der Waals surface area contributed by atoms with Crippen LogP contribution in [0.25, 0.3) is 0 Å². The Balaban J connectivity index is 3.16. The number of nitroso groups, excluding NO2 is 1. The lowest BCUT2D eigenvalue weighted by atomic mass is 10.0. The summed E-state index contributed by atoms with van der Waals surface area (Å²) >= 11 is 0. The summed E-state index contributed by atoms with van der Waals surface area (Å²) in [4.78, 5) is 9.70. The highest BCUT2D eigenvalue weighted by Gasteiger charge is 2.03. The molecule has 0 aromatic rings. The third kappa shape index (κ3) is 7.46. The smallest absolute Gasteiger partial charge is 0.107 e. The highest BCUT2D eigenvalue weighted by atomic mass is 16.3. The van der Waals surface area contributed by atoms with Gasteiger partial charge < -0.3 is 5.11 Å². The Morgan fingerprint density at radius 2 is 2.00 bits per heavy atom. The van der Waals surface area contributed by atoms with Crippen molar-refractivity contribution in [2.24, 2.45) is 11.1 Å². The van der Waals surface area contributed by atoms with E-state index in [1.807, 2.05) is 0 Å². The minimum atomic E-state index is -0.522. The van der Waals surface area contributed by atoms with Crippen molar-refractivity contribution < 1.29 is 5.11 Å². The predicted octanol–water partition coefficient (Wildman–Crippen LogP) is 1.94. The van der Waals surface area contributed by atoms with E-state index >= 15 is 0 Å². The first-order valence-corrected chi connectivity index (χ1v) is 4.14. The Kier molecular flexibility index (Phi) is 6.03. The molecule has 0 unspecified atom stereocenters. The van der Waals surface area contributed by atoms with Crippen LogP contribution in [0.15, 0.2) is 5.18 Å². The second kappa shape index (κ2) is 6.28. The molecule has 0 aliphatic rings. The first-order chi connectivity index (χ1) is 5.16. The van der Waals surface area contributed by atoms with Gasteiger partial charge in [0.1, 0.15) is 6.54 Å². The van der Waals surface area contributed by atoms with E-state index in [-0.39, 0.29) is 6.54 Å². The standard InChI is InChI=1S/C8H17NO2/c1-7(2)4-3-5-8(10)6-9-11/h7-8,10H,3-6H2,1-2H3/t8-/m1/s1. The zero-order valence-corrected chi connectivity index (χ0v) is 7.29. The molecule has 0 bridgehead atoms. The maximum atomic E-state index is 9.70. The lowest BCUT2D eigenvalue weighted by molar-refractivity contribution is 0.167. The quantitative estimate of drug-likeness (QED) is 0.602. The van der Waals surface area contributed by atoms with E-state index in [1.54, 1.807) is 0 Å². The summed E-state index contributed by atoms with van der Waals surface area (Å²) in [6.45, 7) is 4.33. The summed E-state index contributed by atoms with van der Waals surface area (Å²) in [5, 5.41) is 11.7. The molecule has 0 saturated heterocycles. The molecule has 0 saturated carbocycles. The van der Waals surface area contributed by atoms with Gasteiger partial charge in [-0.2, -0.15) is 4.91 Å². The number of rotatable bonds is 6. The third-order valence-electron chi connectivity index (χ3n) is 1.60. The van der Waals surface area contributed by atoms with Crippen molar-refractivity contribution in [3.63, 3.8) is 0 Å². The van der Waals surface area contributed by atoms with Crippen molar-refractivity contribution in [3.8, 4) is 0 Å². The van der Waals surface area contributed by atoms with Crippen LogP contribution < -0.4 is 0 Å². The number of aliphatic hydroxyl groups excluding tert-OH is 1. The van der Waals surface area contributed by atoms with Crippen molar-refractivity contribution in [1.29, 1.82) is 0 Å². The molecule has 66 valence electrons. The molecule has 11 heavy (non-hydrogen) atoms. The van der Waals surface area contributed by atoms with Gasteiger partial charge in [0.2, 0.25) is 0 Å². The van der Waals surface area contributed by atoms with Crippen molar-refractivity contribution in [3.05, 3.63) is 4.91 Å². The Labute approximate surface area is 67.8 Å². The molecule has 3 heteroatoms. The number of aliphatic hydroxyl groups is 1. The first kappa shape index (κ1) is 10.6. The molecule has 0 radical (unpaired) electrons. The van der Waals surface area contributed by atoms with Crippen LogP contribution in [-0.2, 0) is 0 Å². The Morgan fingerprint density at radius 3 is 2.45 bits per heavy atom. The second-order valence-corrected chi connectivity index (χ2v) is 3.29. The number of hydrogen-bond donors (Lipinski definition) is 1. The summed E-state index contributed by atoms with van der Waals surface area (Å²) in [5.74, 6) is 0.673. The Morgan fingerprint density at radius 1 is 1.36 bits per heavy atom. The first-order valence-electron chi connectivity index (χ1n) is 4.14. The Hall–Kier alpha value is -0.440. The van der Waals surface area contributed by atoms with E-state index in [0.29, 0.717) is 12.3 Å². The van der Waals surface area contributed by atoms with Gasteiger partial charge in [-0.15, -0.1) is 0 Å². The van der Waals surface area contributed by atoms with Gasteiger partial charge in [-0.05, 0) is 12.3 Å². The van der Waals surface area contributed by atoms with E-state index in [2.05, 4.69) is 19.0 Å². The average molecular weight is 159 g/mol. The van der Waals surface area contributed by atoms with E-state index in [4.69, 9.17) is 5.11 Å². The van der Waals surface area contributed by atoms with Gasteiger partial charge >= 0.3 is 0 Å².